The average Bonchev–Trinajstić information content (AvgIpc) is 2.34. The van der Waals surface area contributed by atoms with E-state index in [1.165, 1.54) is 0 Å². The molecular weight excluding hydrogens is 256 g/mol. The summed E-state index contributed by atoms with van der Waals surface area (Å²) >= 11 is 0. The van der Waals surface area contributed by atoms with Gasteiger partial charge < -0.3 is 4.74 Å². The van der Waals surface area contributed by atoms with E-state index in [4.69, 9.17) is 4.74 Å². The highest BCUT2D eigenvalue weighted by molar-refractivity contribution is 5.86. The molecule has 1 fully saturated rings. The van der Waals surface area contributed by atoms with Gasteiger partial charge in [0.05, 0.1) is 19.5 Å². The number of Topliss-reactive ketones (excluding diaryl/α,β-unsaturated/α-hetero) is 1. The minimum Gasteiger partial charge on any atom is -0.445 e. The lowest BCUT2D eigenvalue weighted by molar-refractivity contribution is -0.136. The third-order valence-electron chi connectivity index (χ3n) is 2.71. The summed E-state index contributed by atoms with van der Waals surface area (Å²) in [6.07, 6.45) is -1.70. The molecule has 6 heteroatoms. The summed E-state index contributed by atoms with van der Waals surface area (Å²) in [6, 6.07) is 8.88. The van der Waals surface area contributed by atoms with Crippen molar-refractivity contribution in [3.8, 4) is 0 Å². The van der Waals surface area contributed by atoms with Gasteiger partial charge in [-0.2, -0.15) is 0 Å². The Labute approximate surface area is 109 Å². The van der Waals surface area contributed by atoms with Gasteiger partial charge in [-0.25, -0.2) is 13.6 Å². The summed E-state index contributed by atoms with van der Waals surface area (Å²) in [5, 5.41) is 0. The standard InChI is InChI=1S/C13H13F2NO3/c14-13(15)6-11(17)7-16(9-13)12(18)19-8-10-4-2-1-3-5-10/h1-5H,6-9H2. The highest BCUT2D eigenvalue weighted by atomic mass is 19.3. The van der Waals surface area contributed by atoms with E-state index in [1.807, 2.05) is 6.07 Å². The van der Waals surface area contributed by atoms with Crippen molar-refractivity contribution >= 4 is 11.9 Å². The Morgan fingerprint density at radius 2 is 2.00 bits per heavy atom. The summed E-state index contributed by atoms with van der Waals surface area (Å²) in [5.74, 6) is -3.82. The zero-order valence-electron chi connectivity index (χ0n) is 10.1. The second-order valence-electron chi connectivity index (χ2n) is 4.47. The van der Waals surface area contributed by atoms with Gasteiger partial charge in [-0.3, -0.25) is 9.69 Å². The highest BCUT2D eigenvalue weighted by Crippen LogP contribution is 2.25. The Morgan fingerprint density at radius 1 is 1.32 bits per heavy atom. The number of nitrogens with zero attached hydrogens (tertiary/aromatic N) is 1. The first kappa shape index (κ1) is 13.5. The van der Waals surface area contributed by atoms with Crippen molar-refractivity contribution in [2.75, 3.05) is 13.1 Å². The zero-order chi connectivity index (χ0) is 13.9. The number of carbonyl (C=O) groups is 2. The van der Waals surface area contributed by atoms with Gasteiger partial charge in [-0.15, -0.1) is 0 Å². The predicted octanol–water partition coefficient (Wildman–Crippen LogP) is 2.23. The van der Waals surface area contributed by atoms with Gasteiger partial charge in [-0.05, 0) is 5.56 Å². The lowest BCUT2D eigenvalue weighted by atomic mass is 10.1. The molecule has 102 valence electrons. The molecule has 0 unspecified atom stereocenters. The second-order valence-corrected chi connectivity index (χ2v) is 4.47. The maximum atomic E-state index is 13.2. The van der Waals surface area contributed by atoms with E-state index in [9.17, 15) is 18.4 Å². The van der Waals surface area contributed by atoms with Crippen molar-refractivity contribution in [3.05, 3.63) is 35.9 Å². The van der Waals surface area contributed by atoms with Crippen LogP contribution in [0.25, 0.3) is 0 Å². The van der Waals surface area contributed by atoms with E-state index in [-0.39, 0.29) is 13.2 Å². The number of ether oxygens (including phenoxy) is 1. The Bertz CT molecular complexity index is 476. The molecule has 1 aromatic carbocycles. The molecule has 1 aromatic rings. The normalized spacial score (nSPS) is 18.2. The maximum Gasteiger partial charge on any atom is 0.410 e. The first-order valence-corrected chi connectivity index (χ1v) is 5.81. The van der Waals surface area contributed by atoms with E-state index in [0.717, 1.165) is 10.5 Å². The summed E-state index contributed by atoms with van der Waals surface area (Å²) in [6.45, 7) is -1.09. The van der Waals surface area contributed by atoms with Crippen molar-refractivity contribution in [3.63, 3.8) is 0 Å². The van der Waals surface area contributed by atoms with E-state index < -0.39 is 30.8 Å². The number of hydrogen-bond donors (Lipinski definition) is 0. The van der Waals surface area contributed by atoms with Crippen molar-refractivity contribution < 1.29 is 23.1 Å². The van der Waals surface area contributed by atoms with Crippen LogP contribution >= 0.6 is 0 Å². The molecule has 0 bridgehead atoms. The van der Waals surface area contributed by atoms with Crippen LogP contribution in [0.15, 0.2) is 30.3 Å². The molecular formula is C13H13F2NO3. The number of likely N-dealkylation sites (tertiary alicyclic amines) is 1. The molecule has 0 aliphatic carbocycles. The fourth-order valence-corrected chi connectivity index (χ4v) is 1.89. The molecule has 0 atom stereocenters. The van der Waals surface area contributed by atoms with Crippen molar-refractivity contribution in [2.24, 2.45) is 0 Å². The van der Waals surface area contributed by atoms with Gasteiger partial charge in [0.2, 0.25) is 0 Å². The minimum atomic E-state index is -3.17. The van der Waals surface area contributed by atoms with E-state index >= 15 is 0 Å². The Morgan fingerprint density at radius 3 is 2.63 bits per heavy atom. The number of carbonyl (C=O) groups excluding carboxylic acids is 2. The fourth-order valence-electron chi connectivity index (χ4n) is 1.89. The lowest BCUT2D eigenvalue weighted by Crippen LogP contribution is -2.50. The molecule has 1 aliphatic rings. The third kappa shape index (κ3) is 3.74. The Kier molecular flexibility index (Phi) is 3.78. The molecule has 0 spiro atoms. The van der Waals surface area contributed by atoms with Crippen LogP contribution in [0.3, 0.4) is 0 Å². The molecule has 0 saturated carbocycles. The van der Waals surface area contributed by atoms with Gasteiger partial charge in [0.25, 0.3) is 5.92 Å². The van der Waals surface area contributed by atoms with Crippen LogP contribution in [0, 0.1) is 0 Å². The molecule has 19 heavy (non-hydrogen) atoms. The van der Waals surface area contributed by atoms with Crippen LogP contribution in [0.2, 0.25) is 0 Å². The summed E-state index contributed by atoms with van der Waals surface area (Å²) in [5.41, 5.74) is 0.756. The largest absolute Gasteiger partial charge is 0.445 e. The van der Waals surface area contributed by atoms with Crippen molar-refractivity contribution in [1.29, 1.82) is 0 Å². The second kappa shape index (κ2) is 5.34. The highest BCUT2D eigenvalue weighted by Gasteiger charge is 2.41. The molecule has 1 aliphatic heterocycles. The summed E-state index contributed by atoms with van der Waals surface area (Å²) < 4.78 is 31.2. The predicted molar refractivity (Wildman–Crippen MR) is 62.8 cm³/mol. The topological polar surface area (TPSA) is 46.6 Å². The Balaban J connectivity index is 1.91. The lowest BCUT2D eigenvalue weighted by Gasteiger charge is -2.30. The number of benzene rings is 1. The van der Waals surface area contributed by atoms with Crippen LogP contribution in [0.1, 0.15) is 12.0 Å². The summed E-state index contributed by atoms with van der Waals surface area (Å²) in [7, 11) is 0. The van der Waals surface area contributed by atoms with Crippen LogP contribution in [-0.4, -0.2) is 35.8 Å². The van der Waals surface area contributed by atoms with Gasteiger partial charge >= 0.3 is 6.09 Å². The Hall–Kier alpha value is -1.98. The smallest absolute Gasteiger partial charge is 0.410 e. The van der Waals surface area contributed by atoms with Gasteiger partial charge in [0.15, 0.2) is 5.78 Å². The van der Waals surface area contributed by atoms with Crippen LogP contribution in [-0.2, 0) is 16.1 Å². The van der Waals surface area contributed by atoms with E-state index in [1.54, 1.807) is 24.3 Å². The SMILES string of the molecule is O=C1CN(C(=O)OCc2ccccc2)CC(F)(F)C1. The maximum absolute atomic E-state index is 13.2. The van der Waals surface area contributed by atoms with Crippen LogP contribution in [0.4, 0.5) is 13.6 Å². The monoisotopic (exact) mass is 269 g/mol. The van der Waals surface area contributed by atoms with Crippen molar-refractivity contribution in [1.82, 2.24) is 4.90 Å². The first-order chi connectivity index (χ1) is 8.96. The number of piperidine rings is 1. The molecule has 2 rings (SSSR count). The molecule has 0 radical (unpaired) electrons. The van der Waals surface area contributed by atoms with Gasteiger partial charge in [-0.1, -0.05) is 30.3 Å². The minimum absolute atomic E-state index is 0.00403. The number of hydrogen-bond acceptors (Lipinski definition) is 3. The van der Waals surface area contributed by atoms with Crippen LogP contribution in [0.5, 0.6) is 0 Å². The number of ketones is 1. The first-order valence-electron chi connectivity index (χ1n) is 5.81. The summed E-state index contributed by atoms with van der Waals surface area (Å²) in [4.78, 5) is 23.5. The van der Waals surface area contributed by atoms with Crippen LogP contribution < -0.4 is 0 Å². The van der Waals surface area contributed by atoms with E-state index in [2.05, 4.69) is 0 Å². The number of rotatable bonds is 2. The number of amides is 1. The quantitative estimate of drug-likeness (QED) is 0.827. The van der Waals surface area contributed by atoms with E-state index in [0.29, 0.717) is 0 Å². The van der Waals surface area contributed by atoms with Crippen molar-refractivity contribution in [2.45, 2.75) is 19.0 Å². The van der Waals surface area contributed by atoms with Gasteiger partial charge in [0.1, 0.15) is 6.61 Å². The van der Waals surface area contributed by atoms with Gasteiger partial charge in [0, 0.05) is 0 Å². The zero-order valence-corrected chi connectivity index (χ0v) is 10.1. The number of halogens is 2. The third-order valence-corrected chi connectivity index (χ3v) is 2.71. The molecule has 1 amide bonds. The number of alkyl halides is 2. The molecule has 0 N–H and O–H groups in total. The fraction of sp³-hybridized carbons (Fsp3) is 0.385. The molecule has 1 saturated heterocycles. The molecule has 0 aromatic heterocycles. The average molecular weight is 269 g/mol. The molecule has 4 nitrogen and oxygen atoms in total. The molecule has 1 heterocycles.